The fraction of sp³-hybridized carbons (Fsp3) is 0.520. The maximum absolute atomic E-state index is 13.4. The molecule has 2 heterocycles. The number of carbonyl (C=O) groups is 3. The van der Waals surface area contributed by atoms with E-state index in [-0.39, 0.29) is 54.3 Å². The van der Waals surface area contributed by atoms with E-state index in [4.69, 9.17) is 18.7 Å². The average molecular weight is 503 g/mol. The number of aromatic nitrogens is 1. The molecule has 0 spiro atoms. The van der Waals surface area contributed by atoms with E-state index in [0.29, 0.717) is 30.3 Å². The molecule has 0 aliphatic carbocycles. The first-order valence-electron chi connectivity index (χ1n) is 11.7. The summed E-state index contributed by atoms with van der Waals surface area (Å²) >= 11 is 0. The largest absolute Gasteiger partial charge is 0.491 e. The Labute approximate surface area is 210 Å². The summed E-state index contributed by atoms with van der Waals surface area (Å²) in [6.07, 6.45) is -0.314. The number of hydrogen-bond donors (Lipinski definition) is 1. The minimum atomic E-state index is -0.462. The van der Waals surface area contributed by atoms with Crippen molar-refractivity contribution >= 4 is 23.4 Å². The van der Waals surface area contributed by atoms with Gasteiger partial charge in [0, 0.05) is 52.0 Å². The zero-order valence-corrected chi connectivity index (χ0v) is 21.6. The lowest BCUT2D eigenvalue weighted by molar-refractivity contribution is -0.139. The monoisotopic (exact) mass is 502 g/mol. The van der Waals surface area contributed by atoms with Crippen molar-refractivity contribution in [3.63, 3.8) is 0 Å². The summed E-state index contributed by atoms with van der Waals surface area (Å²) in [6.45, 7) is 6.39. The van der Waals surface area contributed by atoms with Gasteiger partial charge in [-0.25, -0.2) is 0 Å². The summed E-state index contributed by atoms with van der Waals surface area (Å²) in [5, 5.41) is 6.46. The van der Waals surface area contributed by atoms with Gasteiger partial charge in [-0.15, -0.1) is 0 Å². The van der Waals surface area contributed by atoms with Gasteiger partial charge in [0.05, 0.1) is 17.7 Å². The minimum absolute atomic E-state index is 0.0439. The molecule has 1 aromatic carbocycles. The summed E-state index contributed by atoms with van der Waals surface area (Å²) in [5.74, 6) is -0.112. The maximum Gasteiger partial charge on any atom is 0.277 e. The van der Waals surface area contributed by atoms with Gasteiger partial charge in [0.25, 0.3) is 11.8 Å². The number of amides is 3. The molecule has 1 aliphatic heterocycles. The Balaban J connectivity index is 1.93. The van der Waals surface area contributed by atoms with Crippen LogP contribution in [0.15, 0.2) is 28.8 Å². The minimum Gasteiger partial charge on any atom is -0.491 e. The van der Waals surface area contributed by atoms with Gasteiger partial charge < -0.3 is 33.9 Å². The van der Waals surface area contributed by atoms with E-state index < -0.39 is 5.91 Å². The van der Waals surface area contributed by atoms with Crippen LogP contribution in [0, 0.1) is 12.8 Å². The summed E-state index contributed by atoms with van der Waals surface area (Å²) in [7, 11) is 4.75. The first-order chi connectivity index (χ1) is 17.1. The van der Waals surface area contributed by atoms with Crippen molar-refractivity contribution in [2.75, 3.05) is 52.9 Å². The van der Waals surface area contributed by atoms with Crippen LogP contribution in [0.25, 0.3) is 0 Å². The summed E-state index contributed by atoms with van der Waals surface area (Å²) in [6, 6.07) is 6.06. The number of carbonyl (C=O) groups excluding carboxylic acids is 3. The molecule has 2 aromatic rings. The normalized spacial score (nSPS) is 21.2. The molecule has 3 atom stereocenters. The molecule has 3 amide bonds. The molecule has 0 saturated heterocycles. The van der Waals surface area contributed by atoms with E-state index in [1.165, 1.54) is 13.2 Å². The molecule has 0 radical (unpaired) electrons. The Morgan fingerprint density at radius 2 is 1.94 bits per heavy atom. The molecular weight excluding hydrogens is 468 g/mol. The molecule has 36 heavy (non-hydrogen) atoms. The van der Waals surface area contributed by atoms with Crippen LogP contribution in [0.5, 0.6) is 5.75 Å². The number of fused-ring (bicyclic) bond motifs is 1. The van der Waals surface area contributed by atoms with Gasteiger partial charge in [-0.1, -0.05) is 12.1 Å². The van der Waals surface area contributed by atoms with Crippen LogP contribution in [0.4, 0.5) is 5.69 Å². The van der Waals surface area contributed by atoms with Gasteiger partial charge in [0.2, 0.25) is 5.91 Å². The van der Waals surface area contributed by atoms with Crippen molar-refractivity contribution in [1.29, 1.82) is 0 Å². The fourth-order valence-electron chi connectivity index (χ4n) is 4.08. The Morgan fingerprint density at radius 3 is 2.58 bits per heavy atom. The van der Waals surface area contributed by atoms with Crippen LogP contribution in [-0.4, -0.2) is 92.4 Å². The third-order valence-electron chi connectivity index (χ3n) is 6.15. The third kappa shape index (κ3) is 6.41. The second-order valence-corrected chi connectivity index (χ2v) is 9.06. The van der Waals surface area contributed by atoms with E-state index in [2.05, 4.69) is 10.5 Å². The highest BCUT2D eigenvalue weighted by Gasteiger charge is 2.30. The molecule has 196 valence electrons. The van der Waals surface area contributed by atoms with Crippen molar-refractivity contribution in [2.24, 2.45) is 5.92 Å². The number of ether oxygens (including phenoxy) is 3. The van der Waals surface area contributed by atoms with Crippen LogP contribution in [0.2, 0.25) is 0 Å². The highest BCUT2D eigenvalue weighted by molar-refractivity contribution is 6.04. The number of methoxy groups -OCH3 is 2. The molecule has 3 rings (SSSR count). The molecule has 1 aromatic heterocycles. The molecule has 1 N–H and O–H groups in total. The molecule has 11 nitrogen and oxygen atoms in total. The summed E-state index contributed by atoms with van der Waals surface area (Å²) in [4.78, 5) is 42.0. The zero-order valence-electron chi connectivity index (χ0n) is 21.6. The smallest absolute Gasteiger partial charge is 0.277 e. The van der Waals surface area contributed by atoms with E-state index in [9.17, 15) is 14.4 Å². The predicted octanol–water partition coefficient (Wildman–Crippen LogP) is 2.21. The number of anilines is 1. The lowest BCUT2D eigenvalue weighted by Crippen LogP contribution is -2.49. The molecule has 0 saturated carbocycles. The van der Waals surface area contributed by atoms with Crippen LogP contribution in [0.1, 0.15) is 40.5 Å². The average Bonchev–Trinajstić information content (AvgIpc) is 3.29. The van der Waals surface area contributed by atoms with Gasteiger partial charge >= 0.3 is 0 Å². The van der Waals surface area contributed by atoms with Gasteiger partial charge in [0.15, 0.2) is 5.69 Å². The lowest BCUT2D eigenvalue weighted by atomic mass is 10.0. The first-order valence-corrected chi connectivity index (χ1v) is 11.7. The van der Waals surface area contributed by atoms with Crippen LogP contribution >= 0.6 is 0 Å². The van der Waals surface area contributed by atoms with Crippen LogP contribution < -0.4 is 10.1 Å². The number of rotatable bonds is 5. The molecule has 0 bridgehead atoms. The third-order valence-corrected chi connectivity index (χ3v) is 6.15. The van der Waals surface area contributed by atoms with Gasteiger partial charge in [-0.3, -0.25) is 14.4 Å². The predicted molar refractivity (Wildman–Crippen MR) is 131 cm³/mol. The topological polar surface area (TPSA) is 123 Å². The lowest BCUT2D eigenvalue weighted by Gasteiger charge is -2.36. The van der Waals surface area contributed by atoms with E-state index in [1.807, 2.05) is 13.8 Å². The molecule has 11 heteroatoms. The number of nitrogens with zero attached hydrogens (tertiary/aromatic N) is 3. The SMILES string of the molecule is COCC(=O)N1C[C@@H](C)[C@@H](OC)CN(C)C(=O)c2cc(NC(=O)c3cc(C)on3)ccc2OC[C@H]1C. The Hall–Kier alpha value is -3.44. The summed E-state index contributed by atoms with van der Waals surface area (Å²) < 4.78 is 21.8. The number of nitrogens with one attached hydrogen (secondary N) is 1. The van der Waals surface area contributed by atoms with Crippen molar-refractivity contribution in [2.45, 2.75) is 32.9 Å². The highest BCUT2D eigenvalue weighted by atomic mass is 16.5. The fourth-order valence-corrected chi connectivity index (χ4v) is 4.08. The second kappa shape index (κ2) is 12.0. The van der Waals surface area contributed by atoms with Crippen molar-refractivity contribution < 1.29 is 33.1 Å². The molecule has 1 aliphatic rings. The maximum atomic E-state index is 13.4. The number of aryl methyl sites for hydroxylation is 1. The number of hydrogen-bond acceptors (Lipinski definition) is 8. The Bertz CT molecular complexity index is 1090. The zero-order chi connectivity index (χ0) is 26.4. The van der Waals surface area contributed by atoms with Crippen molar-refractivity contribution in [3.8, 4) is 5.75 Å². The molecule has 0 unspecified atom stereocenters. The number of benzene rings is 1. The van der Waals surface area contributed by atoms with Gasteiger partial charge in [-0.2, -0.15) is 0 Å². The molecule has 0 fully saturated rings. The number of likely N-dealkylation sites (N-methyl/N-ethyl adjacent to an activating group) is 1. The van der Waals surface area contributed by atoms with Crippen LogP contribution in [0.3, 0.4) is 0 Å². The van der Waals surface area contributed by atoms with Crippen molar-refractivity contribution in [1.82, 2.24) is 15.0 Å². The van der Waals surface area contributed by atoms with Crippen molar-refractivity contribution in [3.05, 3.63) is 41.3 Å². The van der Waals surface area contributed by atoms with Crippen LogP contribution in [-0.2, 0) is 14.3 Å². The van der Waals surface area contributed by atoms with E-state index >= 15 is 0 Å². The first kappa shape index (κ1) is 27.2. The second-order valence-electron chi connectivity index (χ2n) is 9.06. The van der Waals surface area contributed by atoms with Gasteiger partial charge in [0.1, 0.15) is 24.7 Å². The van der Waals surface area contributed by atoms with Gasteiger partial charge in [-0.05, 0) is 32.0 Å². The highest BCUT2D eigenvalue weighted by Crippen LogP contribution is 2.27. The van der Waals surface area contributed by atoms with E-state index in [0.717, 1.165) is 0 Å². The Kier molecular flexibility index (Phi) is 9.05. The quantitative estimate of drug-likeness (QED) is 0.660. The van der Waals surface area contributed by atoms with E-state index in [1.54, 1.807) is 49.1 Å². The standard InChI is InChI=1S/C25H34N4O7/c1-15-11-29(23(30)14-33-5)16(2)13-35-21-8-7-18(26-24(31)20-9-17(3)36-27-20)10-19(21)25(32)28(4)12-22(15)34-6/h7-10,15-16,22H,11-14H2,1-6H3,(H,26,31)/t15-,16-,22+/m1/s1. The Morgan fingerprint density at radius 1 is 1.19 bits per heavy atom. The summed E-state index contributed by atoms with van der Waals surface area (Å²) in [5.41, 5.74) is 0.807. The molecular formula is C25H34N4O7.